The summed E-state index contributed by atoms with van der Waals surface area (Å²) in [5, 5.41) is 9.74. The molecule has 0 amide bonds. The molecule has 0 spiro atoms. The van der Waals surface area contributed by atoms with Crippen LogP contribution in [0.1, 0.15) is 78.6 Å². The highest BCUT2D eigenvalue weighted by Crippen LogP contribution is 2.69. The first kappa shape index (κ1) is 27.5. The number of unbranched alkanes of at least 4 members (excludes halogenated alkanes) is 2. The zero-order chi connectivity index (χ0) is 26.3. The minimum atomic E-state index is -0.910. The maximum Gasteiger partial charge on any atom is 0.200 e. The number of ketones is 1. The number of allylic oxidation sites excluding steroid dienone is 3. The van der Waals surface area contributed by atoms with Crippen LogP contribution in [-0.4, -0.2) is 56.9 Å². The fourth-order valence-corrected chi connectivity index (χ4v) is 9.19. The standard InChI is InChI=1S/C30H46O7/c1-5-6-7-8-20-14-28(2)21(13-24(20)32)9-10-22-23-11-12-26(30(36-17-31)16-34-19-37-30)29(23,3)15-25(27(22)28)35-18-33-4/h8,13,22-23,25-27,31H,5-7,9-12,14-19H2,1-4H3/b20-8-. The fraction of sp³-hybridized carbons (Fsp3) is 0.833. The van der Waals surface area contributed by atoms with E-state index in [1.807, 2.05) is 6.08 Å². The van der Waals surface area contributed by atoms with E-state index in [4.69, 9.17) is 23.7 Å². The van der Waals surface area contributed by atoms with E-state index in [1.165, 1.54) is 5.57 Å². The summed E-state index contributed by atoms with van der Waals surface area (Å²) in [6.07, 6.45) is 13.2. The molecule has 1 saturated heterocycles. The van der Waals surface area contributed by atoms with Gasteiger partial charge in [-0.3, -0.25) is 4.79 Å². The first-order valence-electron chi connectivity index (χ1n) is 14.3. The van der Waals surface area contributed by atoms with Crippen molar-refractivity contribution >= 4 is 5.78 Å². The molecule has 0 aromatic carbocycles. The number of aliphatic hydroxyl groups is 1. The number of carbonyl (C=O) groups excluding carboxylic acids is 1. The fourth-order valence-electron chi connectivity index (χ4n) is 9.19. The van der Waals surface area contributed by atoms with Gasteiger partial charge < -0.3 is 28.8 Å². The number of hydrogen-bond donors (Lipinski definition) is 1. The second kappa shape index (κ2) is 10.8. The second-order valence-corrected chi connectivity index (χ2v) is 12.5. The number of methoxy groups -OCH3 is 1. The van der Waals surface area contributed by atoms with Crippen molar-refractivity contribution in [3.8, 4) is 0 Å². The topological polar surface area (TPSA) is 83.5 Å². The van der Waals surface area contributed by atoms with E-state index >= 15 is 0 Å². The zero-order valence-electron chi connectivity index (χ0n) is 23.1. The Bertz CT molecular complexity index is 906. The molecule has 4 fully saturated rings. The van der Waals surface area contributed by atoms with Crippen LogP contribution in [0.15, 0.2) is 23.3 Å². The molecule has 7 heteroatoms. The first-order valence-corrected chi connectivity index (χ1v) is 14.3. The predicted octanol–water partition coefficient (Wildman–Crippen LogP) is 5.13. The maximum atomic E-state index is 13.1. The molecule has 0 aromatic heterocycles. The molecular weight excluding hydrogens is 472 g/mol. The van der Waals surface area contributed by atoms with E-state index in [2.05, 4.69) is 26.8 Å². The molecule has 208 valence electrons. The summed E-state index contributed by atoms with van der Waals surface area (Å²) in [7, 11) is 1.68. The summed E-state index contributed by atoms with van der Waals surface area (Å²) in [6.45, 7) is 7.37. The molecule has 0 radical (unpaired) electrons. The highest BCUT2D eigenvalue weighted by Gasteiger charge is 2.67. The van der Waals surface area contributed by atoms with Crippen molar-refractivity contribution < 1.29 is 33.6 Å². The van der Waals surface area contributed by atoms with Crippen LogP contribution >= 0.6 is 0 Å². The lowest BCUT2D eigenvalue weighted by molar-refractivity contribution is -0.287. The van der Waals surface area contributed by atoms with Crippen molar-refractivity contribution in [2.45, 2.75) is 90.4 Å². The van der Waals surface area contributed by atoms with E-state index in [-0.39, 0.29) is 49.0 Å². The van der Waals surface area contributed by atoms with Crippen LogP contribution in [0.5, 0.6) is 0 Å². The third kappa shape index (κ3) is 4.57. The summed E-state index contributed by atoms with van der Waals surface area (Å²) in [4.78, 5) is 13.1. The highest BCUT2D eigenvalue weighted by atomic mass is 16.8. The lowest BCUT2D eigenvalue weighted by Gasteiger charge is -2.61. The lowest BCUT2D eigenvalue weighted by atomic mass is 9.45. The van der Waals surface area contributed by atoms with Crippen LogP contribution in [0.25, 0.3) is 0 Å². The Balaban J connectivity index is 1.50. The minimum absolute atomic E-state index is 0.000841. The number of hydrogen-bond acceptors (Lipinski definition) is 7. The molecule has 0 bridgehead atoms. The number of fused-ring (bicyclic) bond motifs is 5. The van der Waals surface area contributed by atoms with Crippen molar-refractivity contribution in [1.29, 1.82) is 0 Å². The predicted molar refractivity (Wildman–Crippen MR) is 138 cm³/mol. The van der Waals surface area contributed by atoms with Gasteiger partial charge in [0.25, 0.3) is 0 Å². The van der Waals surface area contributed by atoms with Gasteiger partial charge in [-0.15, -0.1) is 0 Å². The molecule has 37 heavy (non-hydrogen) atoms. The van der Waals surface area contributed by atoms with E-state index in [0.717, 1.165) is 63.4 Å². The van der Waals surface area contributed by atoms with Gasteiger partial charge >= 0.3 is 0 Å². The summed E-state index contributed by atoms with van der Waals surface area (Å²) in [6, 6.07) is 0. The van der Waals surface area contributed by atoms with Crippen LogP contribution in [0.3, 0.4) is 0 Å². The zero-order valence-corrected chi connectivity index (χ0v) is 23.1. The van der Waals surface area contributed by atoms with Crippen LogP contribution in [0, 0.1) is 34.5 Å². The largest absolute Gasteiger partial charge is 0.371 e. The number of carbonyl (C=O) groups is 1. The van der Waals surface area contributed by atoms with E-state index in [9.17, 15) is 9.90 Å². The van der Waals surface area contributed by atoms with E-state index in [1.54, 1.807) is 7.11 Å². The number of ether oxygens (including phenoxy) is 5. The Kier molecular flexibility index (Phi) is 8.03. The van der Waals surface area contributed by atoms with Gasteiger partial charge in [0.05, 0.1) is 6.10 Å². The Morgan fingerprint density at radius 2 is 2.08 bits per heavy atom. The van der Waals surface area contributed by atoms with Crippen LogP contribution in [0.4, 0.5) is 0 Å². The van der Waals surface area contributed by atoms with Gasteiger partial charge in [-0.1, -0.05) is 45.3 Å². The normalized spacial score (nSPS) is 44.5. The summed E-state index contributed by atoms with van der Waals surface area (Å²) < 4.78 is 29.6. The van der Waals surface area contributed by atoms with E-state index in [0.29, 0.717) is 24.4 Å². The van der Waals surface area contributed by atoms with Crippen molar-refractivity contribution in [2.75, 3.05) is 34.1 Å². The molecule has 7 nitrogen and oxygen atoms in total. The molecule has 5 rings (SSSR count). The molecule has 5 aliphatic rings. The van der Waals surface area contributed by atoms with Crippen LogP contribution in [0.2, 0.25) is 0 Å². The van der Waals surface area contributed by atoms with Crippen LogP contribution in [-0.2, 0) is 28.5 Å². The van der Waals surface area contributed by atoms with Gasteiger partial charge in [0.1, 0.15) is 20.2 Å². The molecular formula is C30H46O7. The third-order valence-electron chi connectivity index (χ3n) is 10.7. The smallest absolute Gasteiger partial charge is 0.200 e. The molecule has 0 aromatic rings. The van der Waals surface area contributed by atoms with Gasteiger partial charge in [0.2, 0.25) is 0 Å². The SMILES string of the molecule is CCCC/C=C1/CC2(C)C(=CC1=O)CCC1C2C(OCOC)CC2(C)C1CCC2C1(OCO)COCO1. The van der Waals surface area contributed by atoms with Crippen molar-refractivity contribution in [3.05, 3.63) is 23.3 Å². The number of rotatable bonds is 9. The Morgan fingerprint density at radius 1 is 1.24 bits per heavy atom. The monoisotopic (exact) mass is 518 g/mol. The number of aliphatic hydroxyl groups excluding tert-OH is 1. The van der Waals surface area contributed by atoms with Gasteiger partial charge in [0.15, 0.2) is 18.4 Å². The maximum absolute atomic E-state index is 13.1. The van der Waals surface area contributed by atoms with E-state index < -0.39 is 5.79 Å². The molecule has 1 heterocycles. The molecule has 3 saturated carbocycles. The second-order valence-electron chi connectivity index (χ2n) is 12.5. The van der Waals surface area contributed by atoms with Gasteiger partial charge in [-0.25, -0.2) is 0 Å². The first-order chi connectivity index (χ1) is 17.8. The van der Waals surface area contributed by atoms with Crippen molar-refractivity contribution in [2.24, 2.45) is 34.5 Å². The minimum Gasteiger partial charge on any atom is -0.371 e. The molecule has 8 atom stereocenters. The van der Waals surface area contributed by atoms with Gasteiger partial charge in [0, 0.05) is 13.0 Å². The lowest BCUT2D eigenvalue weighted by Crippen LogP contribution is -2.60. The Hall–Kier alpha value is -1.09. The summed E-state index contributed by atoms with van der Waals surface area (Å²) in [5.74, 6) is 0.698. The van der Waals surface area contributed by atoms with Gasteiger partial charge in [-0.2, -0.15) is 0 Å². The summed E-state index contributed by atoms with van der Waals surface area (Å²) >= 11 is 0. The molecule has 1 aliphatic heterocycles. The molecule has 8 unspecified atom stereocenters. The molecule has 4 aliphatic carbocycles. The average molecular weight is 519 g/mol. The van der Waals surface area contributed by atoms with Crippen molar-refractivity contribution in [3.63, 3.8) is 0 Å². The van der Waals surface area contributed by atoms with Crippen LogP contribution < -0.4 is 0 Å². The Morgan fingerprint density at radius 3 is 2.78 bits per heavy atom. The Labute approximate surface area is 221 Å². The van der Waals surface area contributed by atoms with Gasteiger partial charge in [-0.05, 0) is 85.2 Å². The van der Waals surface area contributed by atoms with Crippen molar-refractivity contribution in [1.82, 2.24) is 0 Å². The summed E-state index contributed by atoms with van der Waals surface area (Å²) in [5.41, 5.74) is 2.11. The highest BCUT2D eigenvalue weighted by molar-refractivity contribution is 6.05. The molecule has 1 N–H and O–H groups in total. The quantitative estimate of drug-likeness (QED) is 0.257. The third-order valence-corrected chi connectivity index (χ3v) is 10.7. The average Bonchev–Trinajstić information content (AvgIpc) is 3.48.